The maximum absolute atomic E-state index is 9.46. The number of fused-ring (bicyclic) bond motifs is 5. The molecule has 0 saturated carbocycles. The molecule has 0 fully saturated rings. The van der Waals surface area contributed by atoms with Gasteiger partial charge in [0.05, 0.1) is 24.7 Å². The molecule has 0 N–H and O–H groups in total. The van der Waals surface area contributed by atoms with Gasteiger partial charge in [-0.2, -0.15) is 0 Å². The standard InChI is InChI=1S/C44H28O/c1-3-14-29(15-4-1)31-18-13-19-32(26-31)42-35-21-7-9-23-37(35)43(38-24-10-8-22-36(38)42)33-27-39(30-16-5-2-6-17-30)44-40(28-33)34-20-11-12-25-41(34)45-44/h1-28H/i1D,2D,3D,4D,5D,6D,7D,8D,9D,10D,14D,15D,16D,17D,21D,22D,23D,24D. The molecule has 1 aromatic heterocycles. The highest BCUT2D eigenvalue weighted by Crippen LogP contribution is 2.47. The molecule has 0 radical (unpaired) electrons. The fraction of sp³-hybridized carbons (Fsp3) is 0. The highest BCUT2D eigenvalue weighted by Gasteiger charge is 2.20. The maximum Gasteiger partial charge on any atom is 0.143 e. The third kappa shape index (κ3) is 4.17. The lowest BCUT2D eigenvalue weighted by atomic mass is 9.84. The van der Waals surface area contributed by atoms with Gasteiger partial charge in [-0.3, -0.25) is 0 Å². The summed E-state index contributed by atoms with van der Waals surface area (Å²) >= 11 is 0. The summed E-state index contributed by atoms with van der Waals surface area (Å²) < 4.78 is 165. The summed E-state index contributed by atoms with van der Waals surface area (Å²) in [6.07, 6.45) is 0. The molecule has 0 aliphatic heterocycles. The molecular formula is C44H28O. The van der Waals surface area contributed by atoms with Crippen LogP contribution in [-0.2, 0) is 0 Å². The Morgan fingerprint density at radius 3 is 1.60 bits per heavy atom. The fourth-order valence-corrected chi connectivity index (χ4v) is 5.97. The zero-order chi connectivity index (χ0) is 45.4. The van der Waals surface area contributed by atoms with Crippen molar-refractivity contribution in [1.82, 2.24) is 0 Å². The van der Waals surface area contributed by atoms with Crippen LogP contribution in [0, 0.1) is 0 Å². The van der Waals surface area contributed by atoms with Crippen LogP contribution in [0.4, 0.5) is 0 Å². The minimum Gasteiger partial charge on any atom is -0.455 e. The van der Waals surface area contributed by atoms with E-state index in [9.17, 15) is 5.48 Å². The first-order valence-corrected chi connectivity index (χ1v) is 14.0. The van der Waals surface area contributed by atoms with Crippen molar-refractivity contribution in [2.24, 2.45) is 0 Å². The summed E-state index contributed by atoms with van der Waals surface area (Å²) in [5, 5.41) is 0.188. The maximum atomic E-state index is 9.46. The number of rotatable bonds is 4. The Balaban J connectivity index is 1.53. The van der Waals surface area contributed by atoms with Gasteiger partial charge in [0, 0.05) is 16.3 Å². The minimum absolute atomic E-state index is 0.00840. The molecule has 45 heavy (non-hydrogen) atoms. The molecule has 0 aliphatic rings. The first kappa shape index (κ1) is 13.4. The summed E-state index contributed by atoms with van der Waals surface area (Å²) in [6, 6.07) is 4.99. The van der Waals surface area contributed by atoms with Gasteiger partial charge in [-0.15, -0.1) is 0 Å². The highest BCUT2D eigenvalue weighted by atomic mass is 16.3. The molecule has 1 nitrogen and oxygen atoms in total. The third-order valence-electron chi connectivity index (χ3n) is 7.85. The van der Waals surface area contributed by atoms with E-state index < -0.39 is 109 Å². The first-order chi connectivity index (χ1) is 29.8. The summed E-state index contributed by atoms with van der Waals surface area (Å²) in [5.41, 5.74) is 0.299. The van der Waals surface area contributed by atoms with Crippen molar-refractivity contribution >= 4 is 43.5 Å². The van der Waals surface area contributed by atoms with E-state index in [1.807, 2.05) is 0 Å². The predicted octanol–water partition coefficient (Wildman–Crippen LogP) is 12.6. The number of hydrogen-bond acceptors (Lipinski definition) is 1. The van der Waals surface area contributed by atoms with Crippen LogP contribution in [0.5, 0.6) is 0 Å². The lowest BCUT2D eigenvalue weighted by Crippen LogP contribution is -1.92. The Morgan fingerprint density at radius 2 is 0.933 bits per heavy atom. The van der Waals surface area contributed by atoms with Gasteiger partial charge in [-0.1, -0.05) is 145 Å². The van der Waals surface area contributed by atoms with Crippen LogP contribution in [0.25, 0.3) is 88.0 Å². The Morgan fingerprint density at radius 1 is 0.378 bits per heavy atom. The van der Waals surface area contributed by atoms with Gasteiger partial charge in [0.25, 0.3) is 0 Å². The molecule has 1 heteroatoms. The second kappa shape index (κ2) is 10.4. The average Bonchev–Trinajstić information content (AvgIpc) is 3.66. The van der Waals surface area contributed by atoms with Gasteiger partial charge < -0.3 is 4.42 Å². The normalized spacial score (nSPS) is 17.2. The van der Waals surface area contributed by atoms with Crippen LogP contribution in [0.1, 0.15) is 24.7 Å². The van der Waals surface area contributed by atoms with Crippen molar-refractivity contribution in [2.45, 2.75) is 0 Å². The Bertz CT molecular complexity index is 3420. The predicted molar refractivity (Wildman–Crippen MR) is 190 cm³/mol. The van der Waals surface area contributed by atoms with E-state index in [1.165, 1.54) is 30.3 Å². The summed E-state index contributed by atoms with van der Waals surface area (Å²) in [6.45, 7) is 0. The Hall–Kier alpha value is -5.92. The van der Waals surface area contributed by atoms with Gasteiger partial charge in [0.15, 0.2) is 0 Å². The van der Waals surface area contributed by atoms with Crippen molar-refractivity contribution in [1.29, 1.82) is 0 Å². The molecule has 0 spiro atoms. The van der Waals surface area contributed by atoms with E-state index in [0.717, 1.165) is 0 Å². The van der Waals surface area contributed by atoms with Gasteiger partial charge in [0.2, 0.25) is 0 Å². The topological polar surface area (TPSA) is 13.1 Å². The van der Waals surface area contributed by atoms with Crippen molar-refractivity contribution in [3.8, 4) is 44.5 Å². The van der Waals surface area contributed by atoms with E-state index in [1.54, 1.807) is 30.3 Å². The number of para-hydroxylation sites is 1. The van der Waals surface area contributed by atoms with Crippen LogP contribution < -0.4 is 0 Å². The smallest absolute Gasteiger partial charge is 0.143 e. The molecule has 1 heterocycles. The van der Waals surface area contributed by atoms with E-state index >= 15 is 0 Å². The molecule has 0 bridgehead atoms. The van der Waals surface area contributed by atoms with Crippen molar-refractivity contribution < 1.29 is 29.1 Å². The van der Waals surface area contributed by atoms with Crippen molar-refractivity contribution in [3.05, 3.63) is 169 Å². The van der Waals surface area contributed by atoms with Gasteiger partial charge in [0.1, 0.15) is 11.2 Å². The number of hydrogen-bond donors (Lipinski definition) is 0. The number of furan rings is 1. The lowest BCUT2D eigenvalue weighted by Gasteiger charge is -2.19. The van der Waals surface area contributed by atoms with Crippen LogP contribution >= 0.6 is 0 Å². The van der Waals surface area contributed by atoms with Crippen LogP contribution in [0.15, 0.2) is 174 Å². The average molecular weight is 591 g/mol. The van der Waals surface area contributed by atoms with Crippen molar-refractivity contribution in [3.63, 3.8) is 0 Å². The Labute approximate surface area is 286 Å². The third-order valence-corrected chi connectivity index (χ3v) is 7.85. The molecule has 8 aromatic carbocycles. The molecule has 9 rings (SSSR count). The monoisotopic (exact) mass is 590 g/mol. The highest BCUT2D eigenvalue weighted by molar-refractivity contribution is 6.23. The van der Waals surface area contributed by atoms with E-state index in [2.05, 4.69) is 0 Å². The van der Waals surface area contributed by atoms with Crippen molar-refractivity contribution in [2.75, 3.05) is 0 Å². The summed E-state index contributed by atoms with van der Waals surface area (Å²) in [5.74, 6) is 0. The SMILES string of the molecule is [2H]c1c([2H])c([2H])c(-c2cccc(-c3c4c([2H])c([2H])c([2H])c([2H])c4c(-c4cc(-c5c([2H])c([2H])c([2H])c([2H])c5[2H])c5oc6ccccc6c5c4)c4c([2H])c([2H])c([2H])c([2H])c34)c2)c([2H])c1[2H]. The molecule has 210 valence electrons. The zero-order valence-corrected chi connectivity index (χ0v) is 23.2. The first-order valence-electron chi connectivity index (χ1n) is 23.0. The second-order valence-corrected chi connectivity index (χ2v) is 10.3. The molecule has 0 atom stereocenters. The van der Waals surface area contributed by atoms with E-state index in [4.69, 9.17) is 23.6 Å². The van der Waals surface area contributed by atoms with Gasteiger partial charge >= 0.3 is 0 Å². The van der Waals surface area contributed by atoms with Gasteiger partial charge in [-0.25, -0.2) is 0 Å². The van der Waals surface area contributed by atoms with Gasteiger partial charge in [-0.05, 0) is 84.8 Å². The largest absolute Gasteiger partial charge is 0.455 e. The molecule has 0 aliphatic carbocycles. The number of benzene rings is 8. The fourth-order valence-electron chi connectivity index (χ4n) is 5.97. The molecule has 9 aromatic rings. The summed E-state index contributed by atoms with van der Waals surface area (Å²) in [4.78, 5) is 0. The lowest BCUT2D eigenvalue weighted by molar-refractivity contribution is 0.670. The molecular weight excluding hydrogens is 544 g/mol. The van der Waals surface area contributed by atoms with E-state index in [-0.39, 0.29) is 71.6 Å². The van der Waals surface area contributed by atoms with Crippen LogP contribution in [0.3, 0.4) is 0 Å². The van der Waals surface area contributed by atoms with E-state index in [0.29, 0.717) is 16.4 Å². The Kier molecular flexibility index (Phi) is 3.08. The molecule has 0 saturated heterocycles. The second-order valence-electron chi connectivity index (χ2n) is 10.3. The quantitative estimate of drug-likeness (QED) is 0.186. The van der Waals surface area contributed by atoms with Crippen LogP contribution in [0.2, 0.25) is 0 Å². The molecule has 0 unspecified atom stereocenters. The van der Waals surface area contributed by atoms with Crippen LogP contribution in [-0.4, -0.2) is 0 Å². The summed E-state index contributed by atoms with van der Waals surface area (Å²) in [7, 11) is 0. The zero-order valence-electron chi connectivity index (χ0n) is 41.2. The molecule has 0 amide bonds. The minimum atomic E-state index is -0.673.